The average Bonchev–Trinajstić information content (AvgIpc) is 3.61. The largest absolute Gasteiger partial charge is 0.496 e. The zero-order valence-corrected chi connectivity index (χ0v) is 18.1. The van der Waals surface area contributed by atoms with Gasteiger partial charge in [-0.05, 0) is 43.9 Å². The standard InChI is InChI=1S/C19H19BrN4OS2/c1-25-16-7-4-12(20)8-15(16)18-21-13(9-26-18)10-27-19-23-22-17(11-2-3-11)24(19)14-5-6-14/h4,7-9,11,14H,2-3,5-6,10H2,1H3. The van der Waals surface area contributed by atoms with Gasteiger partial charge in [-0.2, -0.15) is 0 Å². The Balaban J connectivity index is 1.34. The molecule has 2 aliphatic rings. The number of rotatable bonds is 7. The van der Waals surface area contributed by atoms with E-state index in [9.17, 15) is 0 Å². The van der Waals surface area contributed by atoms with Gasteiger partial charge in [-0.15, -0.1) is 21.5 Å². The van der Waals surface area contributed by atoms with Crippen LogP contribution in [0, 0.1) is 0 Å². The van der Waals surface area contributed by atoms with Crippen molar-refractivity contribution in [2.24, 2.45) is 0 Å². The number of hydrogen-bond acceptors (Lipinski definition) is 6. The highest BCUT2D eigenvalue weighted by Crippen LogP contribution is 2.46. The van der Waals surface area contributed by atoms with E-state index >= 15 is 0 Å². The van der Waals surface area contributed by atoms with Crippen molar-refractivity contribution in [2.45, 2.75) is 48.6 Å². The molecule has 0 unspecified atom stereocenters. The summed E-state index contributed by atoms with van der Waals surface area (Å²) in [6, 6.07) is 6.62. The number of nitrogens with zero attached hydrogens (tertiary/aromatic N) is 4. The molecule has 0 saturated heterocycles. The highest BCUT2D eigenvalue weighted by Gasteiger charge is 2.36. The maximum Gasteiger partial charge on any atom is 0.191 e. The molecule has 0 N–H and O–H groups in total. The fourth-order valence-electron chi connectivity index (χ4n) is 3.17. The van der Waals surface area contributed by atoms with E-state index in [2.05, 4.69) is 42.1 Å². The molecule has 0 amide bonds. The Morgan fingerprint density at radius 2 is 2.11 bits per heavy atom. The van der Waals surface area contributed by atoms with Crippen LogP contribution in [0.4, 0.5) is 0 Å². The number of ether oxygens (including phenoxy) is 1. The molecule has 27 heavy (non-hydrogen) atoms. The van der Waals surface area contributed by atoms with E-state index in [1.807, 2.05) is 12.1 Å². The SMILES string of the molecule is COc1ccc(Br)cc1-c1nc(CSc2nnc(C3CC3)n2C2CC2)cs1. The topological polar surface area (TPSA) is 52.8 Å². The van der Waals surface area contributed by atoms with Crippen LogP contribution in [-0.2, 0) is 5.75 Å². The molecule has 2 aliphatic carbocycles. The number of halogens is 1. The lowest BCUT2D eigenvalue weighted by molar-refractivity contribution is 0.416. The Hall–Kier alpha value is -1.38. The fourth-order valence-corrected chi connectivity index (χ4v) is 5.38. The van der Waals surface area contributed by atoms with Gasteiger partial charge < -0.3 is 9.30 Å². The van der Waals surface area contributed by atoms with Gasteiger partial charge in [0.1, 0.15) is 16.6 Å². The Labute approximate surface area is 174 Å². The number of aromatic nitrogens is 4. The molecule has 0 bridgehead atoms. The van der Waals surface area contributed by atoms with Crippen molar-refractivity contribution in [3.63, 3.8) is 0 Å². The van der Waals surface area contributed by atoms with Gasteiger partial charge in [-0.25, -0.2) is 4.98 Å². The predicted molar refractivity (Wildman–Crippen MR) is 112 cm³/mol. The van der Waals surface area contributed by atoms with Gasteiger partial charge in [0, 0.05) is 27.6 Å². The summed E-state index contributed by atoms with van der Waals surface area (Å²) < 4.78 is 8.91. The highest BCUT2D eigenvalue weighted by molar-refractivity contribution is 9.10. The van der Waals surface area contributed by atoms with Crippen molar-refractivity contribution >= 4 is 39.0 Å². The first-order chi connectivity index (χ1) is 13.2. The molecular weight excluding hydrogens is 444 g/mol. The lowest BCUT2D eigenvalue weighted by Crippen LogP contribution is -2.02. The second kappa shape index (κ2) is 7.22. The molecule has 3 aromatic rings. The summed E-state index contributed by atoms with van der Waals surface area (Å²) in [7, 11) is 1.69. The van der Waals surface area contributed by atoms with Crippen LogP contribution in [0.5, 0.6) is 5.75 Å². The minimum absolute atomic E-state index is 0.620. The Kier molecular flexibility index (Phi) is 4.73. The van der Waals surface area contributed by atoms with Gasteiger partial charge in [-0.3, -0.25) is 0 Å². The molecule has 1 aromatic carbocycles. The normalized spacial score (nSPS) is 16.7. The molecule has 0 atom stereocenters. The summed E-state index contributed by atoms with van der Waals surface area (Å²) in [5.74, 6) is 3.50. The summed E-state index contributed by atoms with van der Waals surface area (Å²) >= 11 is 6.94. The molecular formula is C19H19BrN4OS2. The van der Waals surface area contributed by atoms with Crippen molar-refractivity contribution in [1.29, 1.82) is 0 Å². The molecule has 5 rings (SSSR count). The second-order valence-corrected chi connectivity index (χ2v) is 9.71. The first kappa shape index (κ1) is 17.7. The van der Waals surface area contributed by atoms with E-state index in [0.29, 0.717) is 12.0 Å². The van der Waals surface area contributed by atoms with Gasteiger partial charge >= 0.3 is 0 Å². The number of hydrogen-bond donors (Lipinski definition) is 0. The van der Waals surface area contributed by atoms with E-state index in [0.717, 1.165) is 37.4 Å². The lowest BCUT2D eigenvalue weighted by atomic mass is 10.2. The summed E-state index contributed by atoms with van der Waals surface area (Å²) in [5.41, 5.74) is 2.09. The van der Waals surface area contributed by atoms with E-state index in [4.69, 9.17) is 9.72 Å². The fraction of sp³-hybridized carbons (Fsp3) is 0.421. The van der Waals surface area contributed by atoms with Crippen LogP contribution in [-0.4, -0.2) is 26.9 Å². The molecule has 140 valence electrons. The summed E-state index contributed by atoms with van der Waals surface area (Å²) in [6.07, 6.45) is 5.04. The zero-order chi connectivity index (χ0) is 18.4. The molecule has 2 fully saturated rings. The molecule has 2 aromatic heterocycles. The van der Waals surface area contributed by atoms with Gasteiger partial charge in [0.25, 0.3) is 0 Å². The minimum Gasteiger partial charge on any atom is -0.496 e. The lowest BCUT2D eigenvalue weighted by Gasteiger charge is -2.07. The second-order valence-electron chi connectivity index (χ2n) is 6.99. The molecule has 2 heterocycles. The summed E-state index contributed by atoms with van der Waals surface area (Å²) in [6.45, 7) is 0. The molecule has 0 radical (unpaired) electrons. The summed E-state index contributed by atoms with van der Waals surface area (Å²) in [5, 5.41) is 13.1. The third-order valence-corrected chi connectivity index (χ3v) is 7.23. The van der Waals surface area contributed by atoms with E-state index < -0.39 is 0 Å². The van der Waals surface area contributed by atoms with Crippen LogP contribution in [0.15, 0.2) is 33.2 Å². The molecule has 0 spiro atoms. The molecule has 0 aliphatic heterocycles. The Bertz CT molecular complexity index is 978. The van der Waals surface area contributed by atoms with Crippen LogP contribution in [0.25, 0.3) is 10.6 Å². The van der Waals surface area contributed by atoms with Crippen LogP contribution < -0.4 is 4.74 Å². The quantitative estimate of drug-likeness (QED) is 0.422. The van der Waals surface area contributed by atoms with Gasteiger partial charge in [0.05, 0.1) is 18.4 Å². The van der Waals surface area contributed by atoms with E-state index in [1.54, 1.807) is 30.2 Å². The van der Waals surface area contributed by atoms with Crippen LogP contribution in [0.3, 0.4) is 0 Å². The monoisotopic (exact) mass is 462 g/mol. The molecule has 5 nitrogen and oxygen atoms in total. The van der Waals surface area contributed by atoms with Crippen LogP contribution >= 0.6 is 39.0 Å². The number of thiazole rings is 1. The number of methoxy groups -OCH3 is 1. The van der Waals surface area contributed by atoms with Crippen molar-refractivity contribution in [2.75, 3.05) is 7.11 Å². The third-order valence-electron chi connectivity index (χ3n) is 4.84. The van der Waals surface area contributed by atoms with Gasteiger partial charge in [0.2, 0.25) is 0 Å². The first-order valence-corrected chi connectivity index (χ1v) is 11.7. The highest BCUT2D eigenvalue weighted by atomic mass is 79.9. The molecule has 2 saturated carbocycles. The Morgan fingerprint density at radius 3 is 2.85 bits per heavy atom. The maximum atomic E-state index is 5.49. The van der Waals surface area contributed by atoms with Gasteiger partial charge in [-0.1, -0.05) is 27.7 Å². The van der Waals surface area contributed by atoms with E-state index in [-0.39, 0.29) is 0 Å². The van der Waals surface area contributed by atoms with Crippen molar-refractivity contribution in [3.8, 4) is 16.3 Å². The third kappa shape index (κ3) is 3.67. The van der Waals surface area contributed by atoms with Crippen molar-refractivity contribution in [1.82, 2.24) is 19.7 Å². The first-order valence-electron chi connectivity index (χ1n) is 9.09. The predicted octanol–water partition coefficient (Wildman–Crippen LogP) is 5.68. The minimum atomic E-state index is 0.620. The molecule has 8 heteroatoms. The summed E-state index contributed by atoms with van der Waals surface area (Å²) in [4.78, 5) is 4.83. The van der Waals surface area contributed by atoms with E-state index in [1.165, 1.54) is 31.5 Å². The smallest absolute Gasteiger partial charge is 0.191 e. The number of benzene rings is 1. The van der Waals surface area contributed by atoms with Crippen LogP contribution in [0.1, 0.15) is 49.2 Å². The van der Waals surface area contributed by atoms with Crippen LogP contribution in [0.2, 0.25) is 0 Å². The average molecular weight is 463 g/mol. The maximum absolute atomic E-state index is 5.49. The van der Waals surface area contributed by atoms with Crippen molar-refractivity contribution in [3.05, 3.63) is 39.6 Å². The Morgan fingerprint density at radius 1 is 1.26 bits per heavy atom. The zero-order valence-electron chi connectivity index (χ0n) is 14.9. The number of thioether (sulfide) groups is 1. The van der Waals surface area contributed by atoms with Crippen molar-refractivity contribution < 1.29 is 4.74 Å². The van der Waals surface area contributed by atoms with Gasteiger partial charge in [0.15, 0.2) is 5.16 Å².